The van der Waals surface area contributed by atoms with Gasteiger partial charge in [0.2, 0.25) is 0 Å². The van der Waals surface area contributed by atoms with Gasteiger partial charge < -0.3 is 9.73 Å². The maximum absolute atomic E-state index is 5.39. The molecular formula is C10H15BrN2O. The number of nitrogens with zero attached hydrogens (tertiary/aromatic N) is 1. The molecule has 1 saturated heterocycles. The molecule has 1 aliphatic heterocycles. The van der Waals surface area contributed by atoms with Crippen molar-refractivity contribution in [3.8, 4) is 0 Å². The molecule has 1 atom stereocenters. The lowest BCUT2D eigenvalue weighted by atomic mass is 10.2. The first-order chi connectivity index (χ1) is 6.74. The largest absolute Gasteiger partial charge is 0.467 e. The molecule has 0 aromatic carbocycles. The van der Waals surface area contributed by atoms with E-state index >= 15 is 0 Å². The van der Waals surface area contributed by atoms with Gasteiger partial charge in [-0.2, -0.15) is 0 Å². The van der Waals surface area contributed by atoms with Crippen LogP contribution < -0.4 is 5.32 Å². The van der Waals surface area contributed by atoms with Crippen LogP contribution in [-0.2, 0) is 6.54 Å². The molecule has 2 heterocycles. The van der Waals surface area contributed by atoms with Gasteiger partial charge in [-0.25, -0.2) is 0 Å². The van der Waals surface area contributed by atoms with E-state index in [0.29, 0.717) is 6.04 Å². The maximum Gasteiger partial charge on any atom is 0.118 e. The van der Waals surface area contributed by atoms with Crippen molar-refractivity contribution in [1.82, 2.24) is 10.2 Å². The lowest BCUT2D eigenvalue weighted by Gasteiger charge is -2.30. The zero-order chi connectivity index (χ0) is 9.97. The second-order valence-corrected chi connectivity index (χ2v) is 4.74. The molecular weight excluding hydrogens is 244 g/mol. The summed E-state index contributed by atoms with van der Waals surface area (Å²) in [5.41, 5.74) is 0. The summed E-state index contributed by atoms with van der Waals surface area (Å²) in [5, 5.41) is 3.42. The molecule has 0 bridgehead atoms. The van der Waals surface area contributed by atoms with Crippen molar-refractivity contribution in [1.29, 1.82) is 0 Å². The Morgan fingerprint density at radius 3 is 3.21 bits per heavy atom. The molecule has 0 spiro atoms. The maximum atomic E-state index is 5.39. The minimum Gasteiger partial charge on any atom is -0.467 e. The van der Waals surface area contributed by atoms with Gasteiger partial charge in [0.25, 0.3) is 0 Å². The van der Waals surface area contributed by atoms with E-state index in [1.807, 2.05) is 6.07 Å². The molecule has 0 saturated carbocycles. The lowest BCUT2D eigenvalue weighted by molar-refractivity contribution is 0.186. The molecule has 4 heteroatoms. The minimum absolute atomic E-state index is 0.585. The third-order valence-corrected chi connectivity index (χ3v) is 2.87. The summed E-state index contributed by atoms with van der Waals surface area (Å²) in [6, 6.07) is 2.62. The molecule has 0 radical (unpaired) electrons. The van der Waals surface area contributed by atoms with Crippen molar-refractivity contribution in [2.75, 3.05) is 19.6 Å². The van der Waals surface area contributed by atoms with Crippen LogP contribution in [0.5, 0.6) is 0 Å². The zero-order valence-electron chi connectivity index (χ0n) is 8.29. The van der Waals surface area contributed by atoms with Gasteiger partial charge in [-0.15, -0.1) is 0 Å². The van der Waals surface area contributed by atoms with Gasteiger partial charge in [-0.3, -0.25) is 4.90 Å². The number of piperazine rings is 1. The fourth-order valence-corrected chi connectivity index (χ4v) is 2.16. The van der Waals surface area contributed by atoms with E-state index in [0.717, 1.165) is 36.4 Å². The summed E-state index contributed by atoms with van der Waals surface area (Å²) in [5.74, 6) is 1.03. The van der Waals surface area contributed by atoms with Crippen molar-refractivity contribution in [3.63, 3.8) is 0 Å². The topological polar surface area (TPSA) is 28.4 Å². The fraction of sp³-hybridized carbons (Fsp3) is 0.600. The summed E-state index contributed by atoms with van der Waals surface area (Å²) < 4.78 is 6.42. The molecule has 3 nitrogen and oxygen atoms in total. The summed E-state index contributed by atoms with van der Waals surface area (Å²) in [6.07, 6.45) is 1.74. The predicted octanol–water partition coefficient (Wildman–Crippen LogP) is 1.84. The van der Waals surface area contributed by atoms with Crippen LogP contribution in [0.15, 0.2) is 21.2 Å². The highest BCUT2D eigenvalue weighted by Crippen LogP contribution is 2.16. The monoisotopic (exact) mass is 258 g/mol. The Balaban J connectivity index is 1.90. The average molecular weight is 259 g/mol. The van der Waals surface area contributed by atoms with Crippen molar-refractivity contribution < 1.29 is 4.42 Å². The van der Waals surface area contributed by atoms with Crippen LogP contribution in [0.4, 0.5) is 0 Å². The van der Waals surface area contributed by atoms with Gasteiger partial charge in [0.1, 0.15) is 12.0 Å². The van der Waals surface area contributed by atoms with Gasteiger partial charge in [0.15, 0.2) is 0 Å². The number of hydrogen-bond donors (Lipinski definition) is 1. The molecule has 2 rings (SSSR count). The number of halogens is 1. The Labute approximate surface area is 92.6 Å². The molecule has 1 aromatic rings. The standard InChI is InChI=1S/C10H15BrN2O/c1-8-5-13(3-2-12-8)6-10-4-9(11)7-14-10/h4,7-8,12H,2-3,5-6H2,1H3/t8-/m1/s1. The highest BCUT2D eigenvalue weighted by atomic mass is 79.9. The normalized spacial score (nSPS) is 24.0. The Kier molecular flexibility index (Phi) is 3.26. The Hall–Kier alpha value is -0.320. The van der Waals surface area contributed by atoms with Gasteiger partial charge in [0, 0.05) is 25.7 Å². The van der Waals surface area contributed by atoms with E-state index < -0.39 is 0 Å². The summed E-state index contributed by atoms with van der Waals surface area (Å²) in [4.78, 5) is 2.41. The van der Waals surface area contributed by atoms with Crippen molar-refractivity contribution in [3.05, 3.63) is 22.6 Å². The van der Waals surface area contributed by atoms with E-state index in [1.165, 1.54) is 0 Å². The molecule has 0 unspecified atom stereocenters. The van der Waals surface area contributed by atoms with E-state index in [4.69, 9.17) is 4.42 Å². The summed E-state index contributed by atoms with van der Waals surface area (Å²) in [6.45, 7) is 6.39. The van der Waals surface area contributed by atoms with E-state index in [-0.39, 0.29) is 0 Å². The van der Waals surface area contributed by atoms with Gasteiger partial charge in [-0.1, -0.05) is 0 Å². The molecule has 0 amide bonds. The van der Waals surface area contributed by atoms with E-state index in [1.54, 1.807) is 6.26 Å². The molecule has 1 N–H and O–H groups in total. The summed E-state index contributed by atoms with van der Waals surface area (Å²) in [7, 11) is 0. The van der Waals surface area contributed by atoms with Gasteiger partial charge >= 0.3 is 0 Å². The summed E-state index contributed by atoms with van der Waals surface area (Å²) >= 11 is 3.38. The minimum atomic E-state index is 0.585. The van der Waals surface area contributed by atoms with Gasteiger partial charge in [0.05, 0.1) is 11.0 Å². The first-order valence-electron chi connectivity index (χ1n) is 4.92. The quantitative estimate of drug-likeness (QED) is 0.878. The van der Waals surface area contributed by atoms with Crippen LogP contribution in [0.1, 0.15) is 12.7 Å². The zero-order valence-corrected chi connectivity index (χ0v) is 9.88. The van der Waals surface area contributed by atoms with Crippen LogP contribution in [0.2, 0.25) is 0 Å². The Morgan fingerprint density at radius 2 is 2.57 bits per heavy atom. The van der Waals surface area contributed by atoms with Crippen LogP contribution in [-0.4, -0.2) is 30.6 Å². The number of nitrogens with one attached hydrogen (secondary N) is 1. The highest BCUT2D eigenvalue weighted by Gasteiger charge is 2.16. The first kappa shape index (κ1) is 10.2. The second-order valence-electron chi connectivity index (χ2n) is 3.82. The van der Waals surface area contributed by atoms with Crippen LogP contribution in [0.25, 0.3) is 0 Å². The van der Waals surface area contributed by atoms with Crippen molar-refractivity contribution >= 4 is 15.9 Å². The molecule has 14 heavy (non-hydrogen) atoms. The third kappa shape index (κ3) is 2.59. The second kappa shape index (κ2) is 4.47. The average Bonchev–Trinajstić information content (AvgIpc) is 2.51. The predicted molar refractivity (Wildman–Crippen MR) is 59.1 cm³/mol. The highest BCUT2D eigenvalue weighted by molar-refractivity contribution is 9.10. The van der Waals surface area contributed by atoms with Crippen LogP contribution in [0.3, 0.4) is 0 Å². The Bertz CT molecular complexity index is 300. The smallest absolute Gasteiger partial charge is 0.118 e. The number of hydrogen-bond acceptors (Lipinski definition) is 3. The molecule has 1 fully saturated rings. The van der Waals surface area contributed by atoms with E-state index in [2.05, 4.69) is 33.1 Å². The third-order valence-electron chi connectivity index (χ3n) is 2.45. The van der Waals surface area contributed by atoms with E-state index in [9.17, 15) is 0 Å². The van der Waals surface area contributed by atoms with Crippen molar-refractivity contribution in [2.24, 2.45) is 0 Å². The van der Waals surface area contributed by atoms with Crippen LogP contribution in [0, 0.1) is 0 Å². The number of furan rings is 1. The molecule has 1 aromatic heterocycles. The first-order valence-corrected chi connectivity index (χ1v) is 5.72. The SMILES string of the molecule is C[C@@H]1CN(Cc2cc(Br)co2)CCN1. The van der Waals surface area contributed by atoms with Crippen molar-refractivity contribution in [2.45, 2.75) is 19.5 Å². The number of rotatable bonds is 2. The molecule has 1 aliphatic rings. The molecule has 78 valence electrons. The Morgan fingerprint density at radius 1 is 1.71 bits per heavy atom. The van der Waals surface area contributed by atoms with Gasteiger partial charge in [-0.05, 0) is 28.9 Å². The molecule has 0 aliphatic carbocycles. The fourth-order valence-electron chi connectivity index (χ4n) is 1.81. The lowest BCUT2D eigenvalue weighted by Crippen LogP contribution is -2.48. The van der Waals surface area contributed by atoms with Crippen LogP contribution >= 0.6 is 15.9 Å².